The molecule has 0 N–H and O–H groups in total. The SMILES string of the molecule is Cc1ccc(/C(C#N)=C\c2cccn2-c2cccc([N+](=O)[O-])c2)cc1. The average Bonchev–Trinajstić information content (AvgIpc) is 3.09. The van der Waals surface area contributed by atoms with Crippen molar-refractivity contribution in [3.05, 3.63) is 93.8 Å². The number of allylic oxidation sites excluding steroid dienone is 1. The smallest absolute Gasteiger partial charge is 0.271 e. The number of nitro groups is 1. The molecule has 1 aromatic heterocycles. The minimum atomic E-state index is -0.421. The van der Waals surface area contributed by atoms with Gasteiger partial charge < -0.3 is 4.57 Å². The third-order valence-corrected chi connectivity index (χ3v) is 3.87. The van der Waals surface area contributed by atoms with E-state index in [1.807, 2.05) is 54.1 Å². The number of hydrogen-bond acceptors (Lipinski definition) is 3. The molecule has 2 aromatic carbocycles. The van der Waals surface area contributed by atoms with Crippen molar-refractivity contribution < 1.29 is 4.92 Å². The Bertz CT molecular complexity index is 992. The molecule has 0 spiro atoms. The summed E-state index contributed by atoms with van der Waals surface area (Å²) in [5.74, 6) is 0. The fourth-order valence-electron chi connectivity index (χ4n) is 2.56. The highest BCUT2D eigenvalue weighted by atomic mass is 16.6. The second-order valence-electron chi connectivity index (χ2n) is 5.62. The number of nitrogens with zero attached hydrogens (tertiary/aromatic N) is 3. The second kappa shape index (κ2) is 6.85. The van der Waals surface area contributed by atoms with Gasteiger partial charge >= 0.3 is 0 Å². The second-order valence-corrected chi connectivity index (χ2v) is 5.62. The third-order valence-electron chi connectivity index (χ3n) is 3.87. The number of aromatic nitrogens is 1. The van der Waals surface area contributed by atoms with E-state index in [0.29, 0.717) is 11.3 Å². The molecule has 122 valence electrons. The molecule has 0 aliphatic rings. The Morgan fingerprint density at radius 1 is 1.16 bits per heavy atom. The summed E-state index contributed by atoms with van der Waals surface area (Å²) >= 11 is 0. The highest BCUT2D eigenvalue weighted by Crippen LogP contribution is 2.23. The van der Waals surface area contributed by atoms with Crippen LogP contribution in [0.25, 0.3) is 17.3 Å². The van der Waals surface area contributed by atoms with Crippen LogP contribution in [0.4, 0.5) is 5.69 Å². The van der Waals surface area contributed by atoms with E-state index in [2.05, 4.69) is 6.07 Å². The zero-order chi connectivity index (χ0) is 17.8. The molecule has 0 amide bonds. The fraction of sp³-hybridized carbons (Fsp3) is 0.0500. The topological polar surface area (TPSA) is 71.9 Å². The van der Waals surface area contributed by atoms with Gasteiger partial charge in [0.05, 0.1) is 22.3 Å². The van der Waals surface area contributed by atoms with E-state index in [4.69, 9.17) is 0 Å². The minimum Gasteiger partial charge on any atom is -0.317 e. The molecule has 0 bridgehead atoms. The molecule has 0 fully saturated rings. The molecular formula is C20H15N3O2. The number of rotatable bonds is 4. The van der Waals surface area contributed by atoms with Crippen molar-refractivity contribution >= 4 is 17.3 Å². The van der Waals surface area contributed by atoms with Crippen molar-refractivity contribution in [3.63, 3.8) is 0 Å². The standard InChI is InChI=1S/C20H15N3O2/c1-15-7-9-16(10-8-15)17(14-21)12-18-6-3-11-22(18)19-4-2-5-20(13-19)23(24)25/h2-13H,1H3/b17-12-. The summed E-state index contributed by atoms with van der Waals surface area (Å²) in [6.07, 6.45) is 3.60. The van der Waals surface area contributed by atoms with Gasteiger partial charge in [0.25, 0.3) is 5.69 Å². The van der Waals surface area contributed by atoms with Crippen LogP contribution in [-0.2, 0) is 0 Å². The lowest BCUT2D eigenvalue weighted by Crippen LogP contribution is -1.97. The Kier molecular flexibility index (Phi) is 4.44. The lowest BCUT2D eigenvalue weighted by Gasteiger charge is -2.07. The van der Waals surface area contributed by atoms with E-state index in [1.165, 1.54) is 12.1 Å². The predicted octanol–water partition coefficient (Wildman–Crippen LogP) is 4.76. The molecule has 5 nitrogen and oxygen atoms in total. The maximum absolute atomic E-state index is 11.0. The third kappa shape index (κ3) is 3.48. The quantitative estimate of drug-likeness (QED) is 0.393. The maximum atomic E-state index is 11.0. The highest BCUT2D eigenvalue weighted by molar-refractivity contribution is 5.89. The van der Waals surface area contributed by atoms with Crippen molar-refractivity contribution in [2.24, 2.45) is 0 Å². The molecule has 0 aliphatic carbocycles. The summed E-state index contributed by atoms with van der Waals surface area (Å²) in [5.41, 5.74) is 3.97. The Hall–Kier alpha value is -3.65. The number of benzene rings is 2. The molecule has 0 saturated carbocycles. The molecule has 5 heteroatoms. The number of hydrogen-bond donors (Lipinski definition) is 0. The highest BCUT2D eigenvalue weighted by Gasteiger charge is 2.09. The van der Waals surface area contributed by atoms with Crippen LogP contribution in [0.1, 0.15) is 16.8 Å². The summed E-state index contributed by atoms with van der Waals surface area (Å²) in [5, 5.41) is 20.5. The molecule has 1 heterocycles. The fourth-order valence-corrected chi connectivity index (χ4v) is 2.56. The van der Waals surface area contributed by atoms with Crippen LogP contribution in [0.2, 0.25) is 0 Å². The Morgan fingerprint density at radius 3 is 2.60 bits per heavy atom. The van der Waals surface area contributed by atoms with Gasteiger partial charge in [-0.05, 0) is 36.8 Å². The van der Waals surface area contributed by atoms with Gasteiger partial charge in [0.15, 0.2) is 0 Å². The monoisotopic (exact) mass is 329 g/mol. The molecular weight excluding hydrogens is 314 g/mol. The normalized spacial score (nSPS) is 11.1. The van der Waals surface area contributed by atoms with Gasteiger partial charge in [-0.1, -0.05) is 35.9 Å². The van der Waals surface area contributed by atoms with Crippen molar-refractivity contribution in [2.45, 2.75) is 6.92 Å². The predicted molar refractivity (Wildman–Crippen MR) is 97.1 cm³/mol. The van der Waals surface area contributed by atoms with Crippen LogP contribution in [0.3, 0.4) is 0 Å². The van der Waals surface area contributed by atoms with Crippen molar-refractivity contribution in [2.75, 3.05) is 0 Å². The first-order valence-corrected chi connectivity index (χ1v) is 7.69. The lowest BCUT2D eigenvalue weighted by atomic mass is 10.0. The van der Waals surface area contributed by atoms with E-state index in [-0.39, 0.29) is 5.69 Å². The summed E-state index contributed by atoms with van der Waals surface area (Å²) in [6.45, 7) is 1.99. The van der Waals surface area contributed by atoms with Crippen LogP contribution in [0.5, 0.6) is 0 Å². The number of nitriles is 1. The van der Waals surface area contributed by atoms with Crippen LogP contribution in [0, 0.1) is 28.4 Å². The Morgan fingerprint density at radius 2 is 1.92 bits per heavy atom. The molecule has 3 rings (SSSR count). The van der Waals surface area contributed by atoms with Crippen LogP contribution >= 0.6 is 0 Å². The number of non-ortho nitro benzene ring substituents is 1. The van der Waals surface area contributed by atoms with E-state index in [9.17, 15) is 15.4 Å². The van der Waals surface area contributed by atoms with Gasteiger partial charge in [-0.3, -0.25) is 10.1 Å². The zero-order valence-corrected chi connectivity index (χ0v) is 13.6. The molecule has 0 radical (unpaired) electrons. The van der Waals surface area contributed by atoms with Crippen molar-refractivity contribution in [3.8, 4) is 11.8 Å². The number of aryl methyl sites for hydroxylation is 1. The first-order chi connectivity index (χ1) is 12.1. The number of nitro benzene ring substituents is 1. The summed E-state index contributed by atoms with van der Waals surface area (Å²) in [6, 6.07) is 20.1. The minimum absolute atomic E-state index is 0.0279. The van der Waals surface area contributed by atoms with Gasteiger partial charge in [0.1, 0.15) is 0 Å². The van der Waals surface area contributed by atoms with Crippen LogP contribution < -0.4 is 0 Å². The van der Waals surface area contributed by atoms with Crippen molar-refractivity contribution in [1.82, 2.24) is 4.57 Å². The van der Waals surface area contributed by atoms with E-state index < -0.39 is 4.92 Å². The maximum Gasteiger partial charge on any atom is 0.271 e. The van der Waals surface area contributed by atoms with Gasteiger partial charge in [-0.2, -0.15) is 5.26 Å². The molecule has 0 aliphatic heterocycles. The lowest BCUT2D eigenvalue weighted by molar-refractivity contribution is -0.384. The molecule has 0 unspecified atom stereocenters. The Labute approximate surface area is 145 Å². The van der Waals surface area contributed by atoms with E-state index >= 15 is 0 Å². The first kappa shape index (κ1) is 16.2. The van der Waals surface area contributed by atoms with E-state index in [0.717, 1.165) is 16.8 Å². The molecule has 3 aromatic rings. The van der Waals surface area contributed by atoms with Crippen LogP contribution in [0.15, 0.2) is 66.9 Å². The Balaban J connectivity index is 2.04. The summed E-state index contributed by atoms with van der Waals surface area (Å²) in [4.78, 5) is 10.6. The zero-order valence-electron chi connectivity index (χ0n) is 13.6. The van der Waals surface area contributed by atoms with Gasteiger partial charge in [0, 0.05) is 24.0 Å². The first-order valence-electron chi connectivity index (χ1n) is 7.69. The summed E-state index contributed by atoms with van der Waals surface area (Å²) < 4.78 is 1.82. The largest absolute Gasteiger partial charge is 0.317 e. The van der Waals surface area contributed by atoms with Crippen LogP contribution in [-0.4, -0.2) is 9.49 Å². The van der Waals surface area contributed by atoms with Gasteiger partial charge in [-0.25, -0.2) is 0 Å². The summed E-state index contributed by atoms with van der Waals surface area (Å²) in [7, 11) is 0. The molecule has 0 atom stereocenters. The molecule has 25 heavy (non-hydrogen) atoms. The van der Waals surface area contributed by atoms with E-state index in [1.54, 1.807) is 18.2 Å². The average molecular weight is 329 g/mol. The van der Waals surface area contributed by atoms with Gasteiger partial charge in [0.2, 0.25) is 0 Å². The van der Waals surface area contributed by atoms with Gasteiger partial charge in [-0.15, -0.1) is 0 Å². The van der Waals surface area contributed by atoms with Crippen molar-refractivity contribution in [1.29, 1.82) is 5.26 Å². The molecule has 0 saturated heterocycles.